The maximum atomic E-state index is 12.0. The summed E-state index contributed by atoms with van der Waals surface area (Å²) < 4.78 is 7.19. The molecule has 0 saturated carbocycles. The summed E-state index contributed by atoms with van der Waals surface area (Å²) in [5.41, 5.74) is 1.72. The van der Waals surface area contributed by atoms with Gasteiger partial charge in [-0.1, -0.05) is 0 Å². The van der Waals surface area contributed by atoms with E-state index in [4.69, 9.17) is 4.74 Å². The monoisotopic (exact) mass is 315 g/mol. The predicted octanol–water partition coefficient (Wildman–Crippen LogP) is 0.740. The largest absolute Gasteiger partial charge is 0.378 e. The number of nitrogens with one attached hydrogen (secondary N) is 1. The minimum absolute atomic E-state index is 0.0367. The normalized spacial score (nSPS) is 14.7. The second-order valence-electron chi connectivity index (χ2n) is 5.53. The van der Waals surface area contributed by atoms with Crippen molar-refractivity contribution in [3.63, 3.8) is 0 Å². The zero-order chi connectivity index (χ0) is 16.1. The van der Waals surface area contributed by atoms with Gasteiger partial charge in [-0.2, -0.15) is 0 Å². The highest BCUT2D eigenvalue weighted by Gasteiger charge is 2.15. The van der Waals surface area contributed by atoms with E-state index in [0.717, 1.165) is 24.5 Å². The summed E-state index contributed by atoms with van der Waals surface area (Å²) in [6, 6.07) is 5.70. The molecule has 0 atom stereocenters. The van der Waals surface area contributed by atoms with Crippen molar-refractivity contribution in [2.75, 3.05) is 31.2 Å². The van der Waals surface area contributed by atoms with Crippen LogP contribution in [0.15, 0.2) is 30.6 Å². The first-order chi connectivity index (χ1) is 11.2. The smallest absolute Gasteiger partial charge is 0.240 e. The Balaban J connectivity index is 1.60. The second-order valence-corrected chi connectivity index (χ2v) is 5.53. The number of ether oxygens (including phenoxy) is 1. The summed E-state index contributed by atoms with van der Waals surface area (Å²) in [6.45, 7) is 5.64. The van der Waals surface area contributed by atoms with E-state index in [9.17, 15) is 4.79 Å². The lowest BCUT2D eigenvalue weighted by Gasteiger charge is -2.27. The molecule has 1 saturated heterocycles. The lowest BCUT2D eigenvalue weighted by molar-refractivity contribution is -0.121. The maximum absolute atomic E-state index is 12.0. The van der Waals surface area contributed by atoms with Crippen molar-refractivity contribution in [1.82, 2.24) is 19.9 Å². The molecule has 3 rings (SSSR count). The summed E-state index contributed by atoms with van der Waals surface area (Å²) >= 11 is 0. The Morgan fingerprint density at radius 2 is 2.00 bits per heavy atom. The highest BCUT2D eigenvalue weighted by Crippen LogP contribution is 2.12. The van der Waals surface area contributed by atoms with Crippen LogP contribution >= 0.6 is 0 Å². The van der Waals surface area contributed by atoms with Gasteiger partial charge in [0.25, 0.3) is 0 Å². The van der Waals surface area contributed by atoms with Crippen LogP contribution in [0.25, 0.3) is 0 Å². The quantitative estimate of drug-likeness (QED) is 0.881. The molecule has 1 aliphatic heterocycles. The molecule has 7 nitrogen and oxygen atoms in total. The van der Waals surface area contributed by atoms with Crippen LogP contribution in [0.4, 0.5) is 5.95 Å². The summed E-state index contributed by atoms with van der Waals surface area (Å²) in [7, 11) is 0. The molecule has 122 valence electrons. The average Bonchev–Trinajstić information content (AvgIpc) is 3.06. The highest BCUT2D eigenvalue weighted by atomic mass is 16.5. The Morgan fingerprint density at radius 1 is 1.26 bits per heavy atom. The van der Waals surface area contributed by atoms with E-state index in [-0.39, 0.29) is 5.91 Å². The molecule has 7 heteroatoms. The van der Waals surface area contributed by atoms with E-state index < -0.39 is 0 Å². The summed E-state index contributed by atoms with van der Waals surface area (Å²) in [5.74, 6) is 0.674. The summed E-state index contributed by atoms with van der Waals surface area (Å²) in [4.78, 5) is 23.1. The van der Waals surface area contributed by atoms with Crippen molar-refractivity contribution in [3.8, 4) is 0 Å². The van der Waals surface area contributed by atoms with Crippen molar-refractivity contribution in [2.24, 2.45) is 0 Å². The van der Waals surface area contributed by atoms with Gasteiger partial charge in [-0.15, -0.1) is 0 Å². The predicted molar refractivity (Wildman–Crippen MR) is 86.1 cm³/mol. The zero-order valence-corrected chi connectivity index (χ0v) is 13.2. The van der Waals surface area contributed by atoms with Gasteiger partial charge in [-0.25, -0.2) is 9.97 Å². The van der Waals surface area contributed by atoms with E-state index in [1.54, 1.807) is 0 Å². The van der Waals surface area contributed by atoms with Crippen LogP contribution in [0, 0.1) is 6.92 Å². The number of carbonyl (C=O) groups is 1. The average molecular weight is 315 g/mol. The van der Waals surface area contributed by atoms with E-state index >= 15 is 0 Å². The molecule has 0 aliphatic carbocycles. The van der Waals surface area contributed by atoms with E-state index in [1.165, 1.54) is 0 Å². The number of nitrogens with zero attached hydrogens (tertiary/aromatic N) is 4. The summed E-state index contributed by atoms with van der Waals surface area (Å²) in [5, 5.41) is 2.90. The fraction of sp³-hybridized carbons (Fsp3) is 0.438. The molecule has 0 aromatic carbocycles. The number of carbonyl (C=O) groups excluding carboxylic acids is 1. The molecule has 1 N–H and O–H groups in total. The minimum atomic E-state index is -0.0367. The van der Waals surface area contributed by atoms with Crippen LogP contribution in [0.1, 0.15) is 11.4 Å². The van der Waals surface area contributed by atoms with E-state index in [2.05, 4.69) is 20.2 Å². The molecule has 0 unspecified atom stereocenters. The van der Waals surface area contributed by atoms with Gasteiger partial charge < -0.3 is 19.5 Å². The van der Waals surface area contributed by atoms with Crippen molar-refractivity contribution >= 4 is 11.9 Å². The van der Waals surface area contributed by atoms with Crippen molar-refractivity contribution in [1.29, 1.82) is 0 Å². The van der Waals surface area contributed by atoms with Gasteiger partial charge in [0.05, 0.1) is 25.5 Å². The van der Waals surface area contributed by atoms with Gasteiger partial charge >= 0.3 is 0 Å². The molecule has 1 fully saturated rings. The third kappa shape index (κ3) is 4.29. The Morgan fingerprint density at radius 3 is 2.74 bits per heavy atom. The van der Waals surface area contributed by atoms with Crippen LogP contribution in [0.2, 0.25) is 0 Å². The topological polar surface area (TPSA) is 72.3 Å². The van der Waals surface area contributed by atoms with Gasteiger partial charge in [-0.05, 0) is 25.1 Å². The number of morpholine rings is 1. The SMILES string of the molecule is Cc1cc(CNC(=O)Cn2cccc2)nc(N2CCOCC2)n1. The standard InChI is InChI=1S/C16H21N5O2/c1-13-10-14(11-17-15(22)12-20-4-2-3-5-20)19-16(18-13)21-6-8-23-9-7-21/h2-5,10H,6-9,11-12H2,1H3,(H,17,22). The molecule has 1 aliphatic rings. The number of hydrogen-bond acceptors (Lipinski definition) is 5. The highest BCUT2D eigenvalue weighted by molar-refractivity contribution is 5.75. The van der Waals surface area contributed by atoms with Crippen molar-refractivity contribution in [2.45, 2.75) is 20.0 Å². The number of anilines is 1. The Kier molecular flexibility index (Phi) is 4.87. The molecule has 3 heterocycles. The Bertz CT molecular complexity index is 650. The lowest BCUT2D eigenvalue weighted by Crippen LogP contribution is -2.37. The molecule has 0 radical (unpaired) electrons. The molecule has 0 spiro atoms. The molecule has 1 amide bonds. The molecular formula is C16H21N5O2. The van der Waals surface area contributed by atoms with E-state index in [0.29, 0.717) is 32.3 Å². The van der Waals surface area contributed by atoms with Gasteiger partial charge in [0.15, 0.2) is 0 Å². The van der Waals surface area contributed by atoms with Gasteiger partial charge in [-0.3, -0.25) is 4.79 Å². The number of rotatable bonds is 5. The number of aryl methyl sites for hydroxylation is 1. The Labute approximate surface area is 135 Å². The van der Waals surface area contributed by atoms with Gasteiger partial charge in [0, 0.05) is 31.2 Å². The first-order valence-electron chi connectivity index (χ1n) is 7.75. The van der Waals surface area contributed by atoms with Crippen LogP contribution in [0.5, 0.6) is 0 Å². The molecule has 2 aromatic heterocycles. The van der Waals surface area contributed by atoms with Crippen molar-refractivity contribution < 1.29 is 9.53 Å². The van der Waals surface area contributed by atoms with Gasteiger partial charge in [0.1, 0.15) is 6.54 Å². The number of amides is 1. The summed E-state index contributed by atoms with van der Waals surface area (Å²) in [6.07, 6.45) is 3.73. The maximum Gasteiger partial charge on any atom is 0.240 e. The van der Waals surface area contributed by atoms with E-state index in [1.807, 2.05) is 42.1 Å². The molecular weight excluding hydrogens is 294 g/mol. The third-order valence-electron chi connectivity index (χ3n) is 3.65. The first-order valence-corrected chi connectivity index (χ1v) is 7.75. The minimum Gasteiger partial charge on any atom is -0.378 e. The van der Waals surface area contributed by atoms with Crippen LogP contribution < -0.4 is 10.2 Å². The van der Waals surface area contributed by atoms with Crippen LogP contribution in [-0.4, -0.2) is 46.7 Å². The molecule has 23 heavy (non-hydrogen) atoms. The Hall–Kier alpha value is -2.41. The fourth-order valence-electron chi connectivity index (χ4n) is 2.50. The lowest BCUT2D eigenvalue weighted by atomic mass is 10.3. The van der Waals surface area contributed by atoms with Crippen LogP contribution in [-0.2, 0) is 22.6 Å². The fourth-order valence-corrected chi connectivity index (χ4v) is 2.50. The van der Waals surface area contributed by atoms with Gasteiger partial charge in [0.2, 0.25) is 11.9 Å². The second kappa shape index (κ2) is 7.23. The van der Waals surface area contributed by atoms with Crippen molar-refractivity contribution in [3.05, 3.63) is 42.0 Å². The number of hydrogen-bond donors (Lipinski definition) is 1. The first kappa shape index (κ1) is 15.5. The molecule has 0 bridgehead atoms. The third-order valence-corrected chi connectivity index (χ3v) is 3.65. The molecule has 2 aromatic rings. The van der Waals surface area contributed by atoms with Crippen LogP contribution in [0.3, 0.4) is 0 Å². The zero-order valence-electron chi connectivity index (χ0n) is 13.2. The number of aromatic nitrogens is 3.